The van der Waals surface area contributed by atoms with Crippen LogP contribution in [0.15, 0.2) is 54.7 Å². The van der Waals surface area contributed by atoms with Crippen molar-refractivity contribution in [2.45, 2.75) is 13.8 Å². The quantitative estimate of drug-likeness (QED) is 0.726. The molecule has 6 heteroatoms. The summed E-state index contributed by atoms with van der Waals surface area (Å²) < 4.78 is 5.25. The average molecular weight is 348 g/mol. The molecule has 0 bridgehead atoms. The minimum atomic E-state index is -0.332. The maximum absolute atomic E-state index is 12.5. The number of para-hydroxylation sites is 2. The number of nitrogens with zero attached hydrogens (tertiary/aromatic N) is 2. The number of carbonyl (C=O) groups excluding carboxylic acids is 1. The number of aryl methyl sites for hydroxylation is 2. The van der Waals surface area contributed by atoms with Crippen LogP contribution in [0.1, 0.15) is 21.6 Å². The third-order valence-corrected chi connectivity index (χ3v) is 3.88. The number of carbonyl (C=O) groups is 1. The van der Waals surface area contributed by atoms with Gasteiger partial charge in [0.2, 0.25) is 5.95 Å². The highest BCUT2D eigenvalue weighted by Gasteiger charge is 2.12. The summed E-state index contributed by atoms with van der Waals surface area (Å²) in [5, 5.41) is 5.98. The summed E-state index contributed by atoms with van der Waals surface area (Å²) in [5.41, 5.74) is 3.96. The number of aromatic nitrogens is 2. The van der Waals surface area contributed by atoms with Crippen LogP contribution in [0, 0.1) is 13.8 Å². The van der Waals surface area contributed by atoms with Crippen molar-refractivity contribution >= 4 is 23.2 Å². The summed E-state index contributed by atoms with van der Waals surface area (Å²) in [4.78, 5) is 21.0. The molecule has 0 unspecified atom stereocenters. The second kappa shape index (κ2) is 7.65. The molecule has 2 aromatic carbocycles. The van der Waals surface area contributed by atoms with E-state index in [0.29, 0.717) is 17.4 Å². The van der Waals surface area contributed by atoms with Gasteiger partial charge in [-0.15, -0.1) is 0 Å². The van der Waals surface area contributed by atoms with Gasteiger partial charge in [-0.2, -0.15) is 0 Å². The maximum Gasteiger partial charge on any atom is 0.274 e. The number of hydrogen-bond donors (Lipinski definition) is 2. The summed E-state index contributed by atoms with van der Waals surface area (Å²) in [6, 6.07) is 14.9. The third kappa shape index (κ3) is 3.97. The molecule has 0 saturated heterocycles. The zero-order valence-corrected chi connectivity index (χ0v) is 14.9. The van der Waals surface area contributed by atoms with Crippen LogP contribution in [0.2, 0.25) is 0 Å². The van der Waals surface area contributed by atoms with Crippen LogP contribution in [0.5, 0.6) is 5.75 Å². The Kier molecular flexibility index (Phi) is 5.12. The number of nitrogens with one attached hydrogen (secondary N) is 2. The number of anilines is 3. The van der Waals surface area contributed by atoms with Crippen LogP contribution in [-0.2, 0) is 0 Å². The van der Waals surface area contributed by atoms with Gasteiger partial charge in [0.15, 0.2) is 0 Å². The molecule has 0 aliphatic heterocycles. The van der Waals surface area contributed by atoms with Crippen molar-refractivity contribution in [3.63, 3.8) is 0 Å². The van der Waals surface area contributed by atoms with Gasteiger partial charge in [0.25, 0.3) is 5.91 Å². The molecule has 0 spiro atoms. The molecule has 0 aliphatic carbocycles. The second-order valence-electron chi connectivity index (χ2n) is 5.86. The van der Waals surface area contributed by atoms with Gasteiger partial charge in [-0.05, 0) is 49.2 Å². The number of benzene rings is 2. The van der Waals surface area contributed by atoms with E-state index in [4.69, 9.17) is 4.74 Å². The van der Waals surface area contributed by atoms with E-state index in [0.717, 1.165) is 16.8 Å². The highest BCUT2D eigenvalue weighted by Crippen LogP contribution is 2.24. The first kappa shape index (κ1) is 17.4. The average Bonchev–Trinajstić information content (AvgIpc) is 2.65. The van der Waals surface area contributed by atoms with E-state index < -0.39 is 0 Å². The molecule has 0 saturated carbocycles. The van der Waals surface area contributed by atoms with E-state index in [1.165, 1.54) is 0 Å². The van der Waals surface area contributed by atoms with E-state index in [9.17, 15) is 4.79 Å². The van der Waals surface area contributed by atoms with Crippen LogP contribution in [0.25, 0.3) is 0 Å². The summed E-state index contributed by atoms with van der Waals surface area (Å²) in [6.45, 7) is 4.02. The van der Waals surface area contributed by atoms with E-state index in [1.54, 1.807) is 31.5 Å². The molecule has 0 atom stereocenters. The third-order valence-electron chi connectivity index (χ3n) is 3.88. The molecule has 0 aliphatic rings. The van der Waals surface area contributed by atoms with Crippen LogP contribution < -0.4 is 15.4 Å². The van der Waals surface area contributed by atoms with E-state index in [-0.39, 0.29) is 11.6 Å². The highest BCUT2D eigenvalue weighted by molar-refractivity contribution is 6.03. The molecular weight excluding hydrogens is 328 g/mol. The van der Waals surface area contributed by atoms with Gasteiger partial charge in [-0.1, -0.05) is 24.3 Å². The Morgan fingerprint density at radius 1 is 1.04 bits per heavy atom. The number of amides is 1. The predicted molar refractivity (Wildman–Crippen MR) is 102 cm³/mol. The summed E-state index contributed by atoms with van der Waals surface area (Å²) in [5.74, 6) is 0.621. The lowest BCUT2D eigenvalue weighted by atomic mass is 10.1. The van der Waals surface area contributed by atoms with Crippen molar-refractivity contribution in [3.05, 3.63) is 71.5 Å². The zero-order chi connectivity index (χ0) is 18.5. The monoisotopic (exact) mass is 348 g/mol. The van der Waals surface area contributed by atoms with E-state index >= 15 is 0 Å². The van der Waals surface area contributed by atoms with Crippen LogP contribution >= 0.6 is 0 Å². The molecule has 1 heterocycles. The number of ether oxygens (including phenoxy) is 1. The summed E-state index contributed by atoms with van der Waals surface area (Å²) >= 11 is 0. The predicted octanol–water partition coefficient (Wildman–Crippen LogP) is 4.10. The Hall–Kier alpha value is -3.41. The lowest BCUT2D eigenvalue weighted by Gasteiger charge is -2.11. The van der Waals surface area contributed by atoms with E-state index in [2.05, 4.69) is 20.6 Å². The SMILES string of the molecule is COc1ccccc1NC(=O)c1ccnc(Nc2cc(C)ccc2C)n1. The lowest BCUT2D eigenvalue weighted by molar-refractivity contribution is 0.102. The normalized spacial score (nSPS) is 10.3. The Morgan fingerprint density at radius 2 is 1.85 bits per heavy atom. The van der Waals surface area contributed by atoms with Crippen LogP contribution in [-0.4, -0.2) is 23.0 Å². The van der Waals surface area contributed by atoms with Gasteiger partial charge in [0, 0.05) is 11.9 Å². The van der Waals surface area contributed by atoms with Crippen molar-refractivity contribution in [3.8, 4) is 5.75 Å². The molecule has 3 aromatic rings. The molecule has 6 nitrogen and oxygen atoms in total. The molecule has 3 rings (SSSR count). The minimum Gasteiger partial charge on any atom is -0.495 e. The Morgan fingerprint density at radius 3 is 2.65 bits per heavy atom. The van der Waals surface area contributed by atoms with Gasteiger partial charge in [-0.3, -0.25) is 4.79 Å². The molecule has 26 heavy (non-hydrogen) atoms. The van der Waals surface area contributed by atoms with Crippen molar-refractivity contribution in [2.75, 3.05) is 17.7 Å². The molecular formula is C20H20N4O2. The topological polar surface area (TPSA) is 76.1 Å². The number of hydrogen-bond acceptors (Lipinski definition) is 5. The van der Waals surface area contributed by atoms with Crippen molar-refractivity contribution in [1.82, 2.24) is 9.97 Å². The fourth-order valence-electron chi connectivity index (χ4n) is 2.47. The lowest BCUT2D eigenvalue weighted by Crippen LogP contribution is -2.15. The Labute approximate surface area is 152 Å². The first-order valence-electron chi connectivity index (χ1n) is 8.18. The highest BCUT2D eigenvalue weighted by atomic mass is 16.5. The smallest absolute Gasteiger partial charge is 0.274 e. The number of rotatable bonds is 5. The van der Waals surface area contributed by atoms with Gasteiger partial charge in [0.1, 0.15) is 11.4 Å². The van der Waals surface area contributed by atoms with Gasteiger partial charge in [0.05, 0.1) is 12.8 Å². The van der Waals surface area contributed by atoms with Gasteiger partial charge >= 0.3 is 0 Å². The van der Waals surface area contributed by atoms with Crippen molar-refractivity contribution in [2.24, 2.45) is 0 Å². The molecule has 1 amide bonds. The van der Waals surface area contributed by atoms with Gasteiger partial charge < -0.3 is 15.4 Å². The van der Waals surface area contributed by atoms with Crippen LogP contribution in [0.3, 0.4) is 0 Å². The summed E-state index contributed by atoms with van der Waals surface area (Å²) in [7, 11) is 1.56. The molecule has 0 fully saturated rings. The van der Waals surface area contributed by atoms with Crippen molar-refractivity contribution < 1.29 is 9.53 Å². The Balaban J connectivity index is 1.80. The second-order valence-corrected chi connectivity index (χ2v) is 5.86. The molecule has 1 aromatic heterocycles. The molecule has 0 radical (unpaired) electrons. The zero-order valence-electron chi connectivity index (χ0n) is 14.9. The Bertz CT molecular complexity index is 941. The van der Waals surface area contributed by atoms with E-state index in [1.807, 2.05) is 44.2 Å². The largest absolute Gasteiger partial charge is 0.495 e. The van der Waals surface area contributed by atoms with Gasteiger partial charge in [-0.25, -0.2) is 9.97 Å². The van der Waals surface area contributed by atoms with Crippen molar-refractivity contribution in [1.29, 1.82) is 0 Å². The molecule has 132 valence electrons. The molecule has 2 N–H and O–H groups in total. The number of methoxy groups -OCH3 is 1. The standard InChI is InChI=1S/C20H20N4O2/c1-13-8-9-14(2)17(12-13)24-20-21-11-10-16(23-20)19(25)22-15-6-4-5-7-18(15)26-3/h4-12H,1-3H3,(H,22,25)(H,21,23,24). The fraction of sp³-hybridized carbons (Fsp3) is 0.150. The minimum absolute atomic E-state index is 0.263. The maximum atomic E-state index is 12.5. The van der Waals surface area contributed by atoms with Crippen LogP contribution in [0.4, 0.5) is 17.3 Å². The summed E-state index contributed by atoms with van der Waals surface area (Å²) in [6.07, 6.45) is 1.55. The first-order valence-corrected chi connectivity index (χ1v) is 8.18. The first-order chi connectivity index (χ1) is 12.6. The fourth-order valence-corrected chi connectivity index (χ4v) is 2.47.